The zero-order valence-corrected chi connectivity index (χ0v) is 13.4. The van der Waals surface area contributed by atoms with Crippen molar-refractivity contribution in [2.24, 2.45) is 0 Å². The Morgan fingerprint density at radius 3 is 2.88 bits per heavy atom. The fourth-order valence-corrected chi connectivity index (χ4v) is 2.72. The number of nitrogens with one attached hydrogen (secondary N) is 1. The Kier molecular flexibility index (Phi) is 4.40. The maximum Gasteiger partial charge on any atom is 0.253 e. The van der Waals surface area contributed by atoms with Gasteiger partial charge >= 0.3 is 0 Å². The molecule has 1 atom stereocenters. The summed E-state index contributed by atoms with van der Waals surface area (Å²) in [6.45, 7) is -0.0310. The summed E-state index contributed by atoms with van der Waals surface area (Å²) in [6.07, 6.45) is 0. The van der Waals surface area contributed by atoms with Crippen LogP contribution in [0, 0.1) is 5.82 Å². The van der Waals surface area contributed by atoms with E-state index < -0.39 is 17.8 Å². The standard InChI is InChI=1S/C17H13ClFNO4/c1-23-14-4-2-3-11-15(21)13(8-24-16(11)14)20-17(22)10-6-5-9(19)7-12(10)18/h2-7,13H,8H2,1H3,(H,20,22). The first-order chi connectivity index (χ1) is 11.5. The third kappa shape index (κ3) is 2.92. The molecule has 1 heterocycles. The highest BCUT2D eigenvalue weighted by molar-refractivity contribution is 6.33. The van der Waals surface area contributed by atoms with Gasteiger partial charge in [0.1, 0.15) is 18.5 Å². The maximum absolute atomic E-state index is 13.1. The van der Waals surface area contributed by atoms with Crippen LogP contribution in [0.4, 0.5) is 4.39 Å². The number of rotatable bonds is 3. The van der Waals surface area contributed by atoms with Crippen LogP contribution in [-0.4, -0.2) is 31.4 Å². The van der Waals surface area contributed by atoms with Gasteiger partial charge < -0.3 is 14.8 Å². The topological polar surface area (TPSA) is 64.6 Å². The molecule has 0 saturated heterocycles. The van der Waals surface area contributed by atoms with Crippen molar-refractivity contribution in [3.8, 4) is 11.5 Å². The second-order valence-electron chi connectivity index (χ2n) is 5.16. The zero-order chi connectivity index (χ0) is 17.3. The van der Waals surface area contributed by atoms with E-state index in [0.29, 0.717) is 17.1 Å². The van der Waals surface area contributed by atoms with Crippen LogP contribution in [0.2, 0.25) is 5.02 Å². The molecule has 24 heavy (non-hydrogen) atoms. The zero-order valence-electron chi connectivity index (χ0n) is 12.6. The van der Waals surface area contributed by atoms with Crippen molar-refractivity contribution in [1.82, 2.24) is 5.32 Å². The number of ketones is 1. The molecule has 1 amide bonds. The normalized spacial score (nSPS) is 16.1. The Hall–Kier alpha value is -2.60. The summed E-state index contributed by atoms with van der Waals surface area (Å²) < 4.78 is 23.8. The lowest BCUT2D eigenvalue weighted by atomic mass is 10.00. The predicted molar refractivity (Wildman–Crippen MR) is 85.5 cm³/mol. The van der Waals surface area contributed by atoms with Crippen LogP contribution >= 0.6 is 11.6 Å². The minimum Gasteiger partial charge on any atom is -0.493 e. The fourth-order valence-electron chi connectivity index (χ4n) is 2.47. The molecule has 3 rings (SSSR count). The van der Waals surface area contributed by atoms with Crippen LogP contribution in [-0.2, 0) is 0 Å². The number of hydrogen-bond donors (Lipinski definition) is 1. The molecule has 0 bridgehead atoms. The number of hydrogen-bond acceptors (Lipinski definition) is 4. The van der Waals surface area contributed by atoms with Gasteiger partial charge in [-0.15, -0.1) is 0 Å². The fraction of sp³-hybridized carbons (Fsp3) is 0.176. The van der Waals surface area contributed by atoms with Crippen LogP contribution in [0.1, 0.15) is 20.7 Å². The van der Waals surface area contributed by atoms with Gasteiger partial charge in [0.05, 0.1) is 23.3 Å². The van der Waals surface area contributed by atoms with Crippen LogP contribution < -0.4 is 14.8 Å². The first-order valence-electron chi connectivity index (χ1n) is 7.11. The maximum atomic E-state index is 13.1. The molecule has 0 spiro atoms. The molecule has 0 radical (unpaired) electrons. The van der Waals surface area contributed by atoms with Crippen molar-refractivity contribution in [1.29, 1.82) is 0 Å². The summed E-state index contributed by atoms with van der Waals surface area (Å²) in [6, 6.07) is 7.51. The molecule has 1 unspecified atom stereocenters. The van der Waals surface area contributed by atoms with E-state index in [1.807, 2.05) is 0 Å². The van der Waals surface area contributed by atoms with Gasteiger partial charge in [-0.05, 0) is 30.3 Å². The quantitative estimate of drug-likeness (QED) is 0.925. The molecule has 1 N–H and O–H groups in total. The molecule has 0 aromatic heterocycles. The summed E-state index contributed by atoms with van der Waals surface area (Å²) in [5.74, 6) is -0.604. The summed E-state index contributed by atoms with van der Waals surface area (Å²) in [4.78, 5) is 24.8. The number of Topliss-reactive ketones (excluding diaryl/α,β-unsaturated/α-hetero) is 1. The van der Waals surface area contributed by atoms with Gasteiger partial charge in [0, 0.05) is 0 Å². The molecule has 5 nitrogen and oxygen atoms in total. The first-order valence-corrected chi connectivity index (χ1v) is 7.49. The van der Waals surface area contributed by atoms with Crippen molar-refractivity contribution in [2.75, 3.05) is 13.7 Å². The highest BCUT2D eigenvalue weighted by Crippen LogP contribution is 2.34. The molecule has 0 saturated carbocycles. The number of methoxy groups -OCH3 is 1. The summed E-state index contributed by atoms with van der Waals surface area (Å²) >= 11 is 5.87. The van der Waals surface area contributed by atoms with Crippen molar-refractivity contribution in [3.05, 3.63) is 58.4 Å². The van der Waals surface area contributed by atoms with E-state index in [4.69, 9.17) is 21.1 Å². The number of para-hydroxylation sites is 1. The monoisotopic (exact) mass is 349 g/mol. The third-order valence-electron chi connectivity index (χ3n) is 3.66. The Morgan fingerprint density at radius 2 is 2.17 bits per heavy atom. The highest BCUT2D eigenvalue weighted by atomic mass is 35.5. The summed E-state index contributed by atoms with van der Waals surface area (Å²) in [7, 11) is 1.48. The molecule has 7 heteroatoms. The average Bonchev–Trinajstić information content (AvgIpc) is 2.56. The summed E-state index contributed by atoms with van der Waals surface area (Å²) in [5, 5.41) is 2.53. The van der Waals surface area contributed by atoms with Gasteiger partial charge in [-0.25, -0.2) is 4.39 Å². The largest absolute Gasteiger partial charge is 0.493 e. The molecule has 2 aromatic rings. The Bertz CT molecular complexity index is 824. The molecule has 0 fully saturated rings. The smallest absolute Gasteiger partial charge is 0.253 e. The number of amides is 1. The average molecular weight is 350 g/mol. The molecule has 124 valence electrons. The SMILES string of the molecule is COc1cccc2c1OCC(NC(=O)c1ccc(F)cc1Cl)C2=O. The van der Waals surface area contributed by atoms with Crippen molar-refractivity contribution < 1.29 is 23.5 Å². The lowest BCUT2D eigenvalue weighted by Crippen LogP contribution is -2.47. The van der Waals surface area contributed by atoms with Crippen LogP contribution in [0.3, 0.4) is 0 Å². The lowest BCUT2D eigenvalue weighted by molar-refractivity contribution is 0.0792. The van der Waals surface area contributed by atoms with Crippen LogP contribution in [0.25, 0.3) is 0 Å². The second-order valence-corrected chi connectivity index (χ2v) is 5.57. The predicted octanol–water partition coefficient (Wildman–Crippen LogP) is 2.86. The van der Waals surface area contributed by atoms with Gasteiger partial charge in [-0.2, -0.15) is 0 Å². The molecule has 0 aliphatic carbocycles. The minimum atomic E-state index is -0.863. The lowest BCUT2D eigenvalue weighted by Gasteiger charge is -2.26. The number of benzene rings is 2. The number of fused-ring (bicyclic) bond motifs is 1. The molecule has 1 aliphatic rings. The number of ether oxygens (including phenoxy) is 2. The van der Waals surface area contributed by atoms with Gasteiger partial charge in [-0.1, -0.05) is 17.7 Å². The summed E-state index contributed by atoms with van der Waals surface area (Å²) in [5.41, 5.74) is 0.415. The van der Waals surface area contributed by atoms with Crippen molar-refractivity contribution in [3.63, 3.8) is 0 Å². The Labute approximate surface area is 142 Å². The van der Waals surface area contributed by atoms with E-state index in [0.717, 1.165) is 12.1 Å². The molecular formula is C17H13ClFNO4. The van der Waals surface area contributed by atoms with Crippen LogP contribution in [0.15, 0.2) is 36.4 Å². The van der Waals surface area contributed by atoms with E-state index in [1.54, 1.807) is 18.2 Å². The number of carbonyl (C=O) groups excluding carboxylic acids is 2. The van der Waals surface area contributed by atoms with Gasteiger partial charge in [0.15, 0.2) is 17.3 Å². The minimum absolute atomic E-state index is 0.0289. The van der Waals surface area contributed by atoms with Gasteiger partial charge in [0.2, 0.25) is 0 Å². The van der Waals surface area contributed by atoms with Crippen LogP contribution in [0.5, 0.6) is 11.5 Å². The highest BCUT2D eigenvalue weighted by Gasteiger charge is 2.32. The third-order valence-corrected chi connectivity index (χ3v) is 3.97. The molecule has 1 aliphatic heterocycles. The molecular weight excluding hydrogens is 337 g/mol. The molecule has 2 aromatic carbocycles. The van der Waals surface area contributed by atoms with E-state index >= 15 is 0 Å². The second kappa shape index (κ2) is 6.49. The Morgan fingerprint density at radius 1 is 1.38 bits per heavy atom. The van der Waals surface area contributed by atoms with Gasteiger partial charge in [-0.3, -0.25) is 9.59 Å². The first kappa shape index (κ1) is 16.3. The van der Waals surface area contributed by atoms with Gasteiger partial charge in [0.25, 0.3) is 5.91 Å². The van der Waals surface area contributed by atoms with Crippen molar-refractivity contribution >= 4 is 23.3 Å². The van der Waals surface area contributed by atoms with E-state index in [2.05, 4.69) is 5.32 Å². The van der Waals surface area contributed by atoms with E-state index in [9.17, 15) is 14.0 Å². The van der Waals surface area contributed by atoms with E-state index in [1.165, 1.54) is 13.2 Å². The van der Waals surface area contributed by atoms with E-state index in [-0.39, 0.29) is 23.0 Å². The van der Waals surface area contributed by atoms with Crippen molar-refractivity contribution in [2.45, 2.75) is 6.04 Å². The Balaban J connectivity index is 1.82. The number of halogens is 2. The number of carbonyl (C=O) groups is 2.